The number of esters is 2. The van der Waals surface area contributed by atoms with Gasteiger partial charge in [-0.15, -0.1) is 0 Å². The third kappa shape index (κ3) is 27.6. The Morgan fingerprint density at radius 1 is 0.771 bits per heavy atom. The average molecular weight is 1050 g/mol. The SMILES string of the molecule is CCCCCCCCCCCCCCCCCCCC(=O)O[C@@H]1COC(=O)CCC/C=C/C[C@@H]2[C@@H](O)[C@H](O)[C@@H](O)[C@H](OP(=O)(O)OC1)[C@H](OP(=O)(O)O)[C@H](O)[C@@H](C=C[C@@H](O)CCCCC)[C@H](O)C[C@@H]2O. The van der Waals surface area contributed by atoms with Gasteiger partial charge in [0.2, 0.25) is 0 Å². The molecule has 0 aromatic heterocycles. The third-order valence-corrected chi connectivity index (χ3v) is 14.6. The largest absolute Gasteiger partial charge is 0.472 e. The van der Waals surface area contributed by atoms with Crippen LogP contribution in [0.25, 0.3) is 0 Å². The molecule has 2 aliphatic rings. The fraction of sp³-hybridized carbons (Fsp3) is 0.878. The van der Waals surface area contributed by atoms with Crippen LogP contribution < -0.4 is 0 Å². The van der Waals surface area contributed by atoms with E-state index in [1.165, 1.54) is 82.8 Å². The second kappa shape index (κ2) is 36.3. The predicted molar refractivity (Wildman–Crippen MR) is 262 cm³/mol. The Hall–Kier alpha value is -1.64. The van der Waals surface area contributed by atoms with Crippen molar-refractivity contribution in [2.75, 3.05) is 13.2 Å². The molecule has 0 aromatic rings. The molecule has 13 atom stereocenters. The average Bonchev–Trinajstić information content (AvgIpc) is 3.30. The Kier molecular flexibility index (Phi) is 33.5. The summed E-state index contributed by atoms with van der Waals surface area (Å²) >= 11 is 0. The van der Waals surface area contributed by atoms with Gasteiger partial charge in [-0.2, -0.15) is 0 Å². The second-order valence-corrected chi connectivity index (χ2v) is 21.8. The molecule has 0 aromatic carbocycles. The molecule has 0 radical (unpaired) electrons. The van der Waals surface area contributed by atoms with Crippen molar-refractivity contribution < 1.29 is 92.2 Å². The first-order valence-electron chi connectivity index (χ1n) is 26.1. The summed E-state index contributed by atoms with van der Waals surface area (Å²) < 4.78 is 52.4. The van der Waals surface area contributed by atoms with E-state index in [1.807, 2.05) is 6.92 Å². The molecule has 0 spiro atoms. The predicted octanol–water partition coefficient (Wildman–Crippen LogP) is 6.89. The molecule has 1 heterocycles. The van der Waals surface area contributed by atoms with Gasteiger partial charge in [-0.3, -0.25) is 23.2 Å². The molecule has 2 rings (SSSR count). The van der Waals surface area contributed by atoms with Gasteiger partial charge in [0, 0.05) is 31.1 Å². The number of rotatable bonds is 27. The standard InChI is InChI=1S/C49H90O19P2/c1-3-5-7-8-9-10-11-12-13-14-15-16-17-18-19-20-26-30-43(54)66-37-34-64-42(53)29-25-22-21-24-28-38-40(51)33-41(52)39(32-31-36(50)27-23-6-4-2)45(56)48(67-69(59,60)61)49(47(58)46(57)44(38)55)68-70(62,63)65-35-37/h21,24,31-32,36-41,44-52,55-58H,3-20,22-23,25-30,33-35H2,1-2H3,(H,62,63)(H2,59,60,61)/b24-21+,32-31?/t36-,37+,38-,39-,40-,41+,44+,45+,46-,47+,48+,49-/m0/s1. The molecular weight excluding hydrogens is 954 g/mol. The smallest absolute Gasteiger partial charge is 0.462 e. The Labute approximate surface area is 416 Å². The van der Waals surface area contributed by atoms with Crippen molar-refractivity contribution >= 4 is 27.6 Å². The molecule has 19 nitrogen and oxygen atoms in total. The zero-order chi connectivity index (χ0) is 52.0. The van der Waals surface area contributed by atoms with Crippen molar-refractivity contribution in [1.29, 1.82) is 0 Å². The van der Waals surface area contributed by atoms with Gasteiger partial charge < -0.3 is 59.9 Å². The van der Waals surface area contributed by atoms with Crippen LogP contribution in [0.1, 0.15) is 187 Å². The molecular formula is C49H90O19P2. The van der Waals surface area contributed by atoms with E-state index in [-0.39, 0.29) is 32.1 Å². The van der Waals surface area contributed by atoms with E-state index in [0.29, 0.717) is 19.3 Å². The minimum absolute atomic E-state index is 0.0244. The van der Waals surface area contributed by atoms with Crippen LogP contribution in [0.5, 0.6) is 0 Å². The molecule has 10 N–H and O–H groups in total. The van der Waals surface area contributed by atoms with Crippen LogP contribution in [0.3, 0.4) is 0 Å². The Bertz CT molecular complexity index is 1560. The number of allylic oxidation sites excluding steroid dienone is 2. The van der Waals surface area contributed by atoms with Crippen LogP contribution in [0.4, 0.5) is 0 Å². The maximum absolute atomic E-state index is 13.8. The fourth-order valence-corrected chi connectivity index (χ4v) is 10.4. The highest BCUT2D eigenvalue weighted by atomic mass is 31.2. The molecule has 1 aliphatic heterocycles. The van der Waals surface area contributed by atoms with E-state index >= 15 is 0 Å². The number of phosphoric acid groups is 2. The monoisotopic (exact) mass is 1040 g/mol. The van der Waals surface area contributed by atoms with Gasteiger partial charge in [-0.1, -0.05) is 160 Å². The molecule has 0 saturated heterocycles. The maximum atomic E-state index is 13.8. The van der Waals surface area contributed by atoms with Gasteiger partial charge in [0.25, 0.3) is 0 Å². The summed E-state index contributed by atoms with van der Waals surface area (Å²) in [6.07, 6.45) is 6.20. The van der Waals surface area contributed by atoms with Gasteiger partial charge in [0.05, 0.1) is 37.1 Å². The number of carbonyl (C=O) groups excluding carboxylic acids is 2. The quantitative estimate of drug-likeness (QED) is 0.0173. The first-order chi connectivity index (χ1) is 33.3. The van der Waals surface area contributed by atoms with E-state index in [2.05, 4.69) is 6.92 Å². The Morgan fingerprint density at radius 3 is 1.90 bits per heavy atom. The number of hydrogen-bond donors (Lipinski definition) is 10. The second-order valence-electron chi connectivity index (χ2n) is 19.2. The first-order valence-corrected chi connectivity index (χ1v) is 29.2. The number of fused-ring (bicyclic) bond motifs is 4. The van der Waals surface area contributed by atoms with Gasteiger partial charge in [0.1, 0.15) is 31.0 Å². The molecule has 1 fully saturated rings. The molecule has 2 bridgehead atoms. The number of aliphatic hydroxyl groups excluding tert-OH is 7. The summed E-state index contributed by atoms with van der Waals surface area (Å²) in [7, 11) is -11.4. The molecule has 0 amide bonds. The van der Waals surface area contributed by atoms with Gasteiger partial charge in [-0.25, -0.2) is 9.13 Å². The number of ether oxygens (including phenoxy) is 2. The highest BCUT2D eigenvalue weighted by Crippen LogP contribution is 2.50. The number of cyclic esters (lactones) is 1. The van der Waals surface area contributed by atoms with Crippen molar-refractivity contribution in [1.82, 2.24) is 0 Å². The van der Waals surface area contributed by atoms with Crippen molar-refractivity contribution in [3.05, 3.63) is 24.3 Å². The zero-order valence-electron chi connectivity index (χ0n) is 41.8. The highest BCUT2D eigenvalue weighted by Gasteiger charge is 2.51. The number of carbonyl (C=O) groups is 2. The lowest BCUT2D eigenvalue weighted by atomic mass is 9.83. The number of unbranched alkanes of at least 4 members (excludes halogenated alkanes) is 18. The minimum atomic E-state index is -5.77. The topological polar surface area (TPSA) is 317 Å². The summed E-state index contributed by atoms with van der Waals surface area (Å²) in [5, 5.41) is 79.9. The van der Waals surface area contributed by atoms with E-state index < -0.39 is 120 Å². The van der Waals surface area contributed by atoms with E-state index in [9.17, 15) is 69.1 Å². The summed E-state index contributed by atoms with van der Waals surface area (Å²) in [4.78, 5) is 56.9. The maximum Gasteiger partial charge on any atom is 0.472 e. The van der Waals surface area contributed by atoms with E-state index in [1.54, 1.807) is 6.08 Å². The highest BCUT2D eigenvalue weighted by molar-refractivity contribution is 7.47. The zero-order valence-corrected chi connectivity index (χ0v) is 43.6. The van der Waals surface area contributed by atoms with Crippen LogP contribution in [0.2, 0.25) is 0 Å². The van der Waals surface area contributed by atoms with Crippen molar-refractivity contribution in [2.24, 2.45) is 11.8 Å². The molecule has 1 unspecified atom stereocenters. The van der Waals surface area contributed by atoms with Gasteiger partial charge in [-0.05, 0) is 32.1 Å². The number of aliphatic hydroxyl groups is 7. The molecule has 1 saturated carbocycles. The Balaban J connectivity index is 2.26. The molecule has 410 valence electrons. The first kappa shape index (κ1) is 64.5. The summed E-state index contributed by atoms with van der Waals surface area (Å²) in [6.45, 7) is 2.60. The lowest BCUT2D eigenvalue weighted by Crippen LogP contribution is -2.56. The van der Waals surface area contributed by atoms with Gasteiger partial charge >= 0.3 is 27.6 Å². The van der Waals surface area contributed by atoms with Crippen molar-refractivity contribution in [3.8, 4) is 0 Å². The summed E-state index contributed by atoms with van der Waals surface area (Å²) in [6, 6.07) is 0. The van der Waals surface area contributed by atoms with Crippen LogP contribution in [-0.4, -0.2) is 137 Å². The lowest BCUT2D eigenvalue weighted by Gasteiger charge is -2.38. The van der Waals surface area contributed by atoms with Gasteiger partial charge in [0.15, 0.2) is 6.10 Å². The number of hydrogen-bond acceptors (Lipinski definition) is 16. The van der Waals surface area contributed by atoms with E-state index in [0.717, 1.165) is 51.0 Å². The summed E-state index contributed by atoms with van der Waals surface area (Å²) in [5.74, 6) is -4.51. The minimum Gasteiger partial charge on any atom is -0.462 e. The fourth-order valence-electron chi connectivity index (χ4n) is 8.90. The Morgan fingerprint density at radius 2 is 1.33 bits per heavy atom. The van der Waals surface area contributed by atoms with E-state index in [4.69, 9.17) is 23.0 Å². The number of phosphoric ester groups is 2. The molecule has 1 aliphatic carbocycles. The summed E-state index contributed by atoms with van der Waals surface area (Å²) in [5.41, 5.74) is 0. The van der Waals surface area contributed by atoms with Crippen LogP contribution in [0, 0.1) is 11.8 Å². The molecule has 70 heavy (non-hydrogen) atoms. The van der Waals surface area contributed by atoms with Crippen LogP contribution in [0.15, 0.2) is 24.3 Å². The molecule has 21 heteroatoms. The van der Waals surface area contributed by atoms with Crippen LogP contribution in [-0.2, 0) is 41.8 Å². The van der Waals surface area contributed by atoms with Crippen molar-refractivity contribution in [2.45, 2.75) is 248 Å². The van der Waals surface area contributed by atoms with Crippen LogP contribution >= 0.6 is 15.6 Å². The third-order valence-electron chi connectivity index (χ3n) is 13.1. The van der Waals surface area contributed by atoms with Crippen molar-refractivity contribution in [3.63, 3.8) is 0 Å². The lowest BCUT2D eigenvalue weighted by molar-refractivity contribution is -0.165. The normalized spacial score (nSPS) is 31.3.